The second-order valence-corrected chi connectivity index (χ2v) is 5.09. The van der Waals surface area contributed by atoms with Crippen molar-refractivity contribution < 1.29 is 9.90 Å². The fraction of sp³-hybridized carbons (Fsp3) is 0.571. The van der Waals surface area contributed by atoms with Gasteiger partial charge in [-0.25, -0.2) is 0 Å². The first kappa shape index (κ1) is 13.8. The smallest absolute Gasteiger partial charge is 0.269 e. The molecule has 1 amide bonds. The van der Waals surface area contributed by atoms with E-state index in [1.807, 2.05) is 13.0 Å². The number of carbonyl (C=O) groups is 1. The second-order valence-electron chi connectivity index (χ2n) is 5.09. The number of aromatic nitrogens is 1. The number of amides is 1. The monoisotopic (exact) mass is 263 g/mol. The largest absolute Gasteiger partial charge is 0.386 e. The summed E-state index contributed by atoms with van der Waals surface area (Å²) >= 11 is 0. The van der Waals surface area contributed by atoms with Crippen molar-refractivity contribution in [2.75, 3.05) is 24.5 Å². The molecule has 0 atom stereocenters. The van der Waals surface area contributed by atoms with Gasteiger partial charge in [-0.2, -0.15) is 0 Å². The van der Waals surface area contributed by atoms with Crippen molar-refractivity contribution >= 4 is 11.6 Å². The zero-order chi connectivity index (χ0) is 13.9. The number of pyridine rings is 1. The van der Waals surface area contributed by atoms with E-state index in [1.165, 1.54) is 0 Å². The quantitative estimate of drug-likeness (QED) is 0.837. The first-order chi connectivity index (χ1) is 9.08. The molecule has 1 aliphatic rings. The topological polar surface area (TPSA) is 65.5 Å². The molecule has 1 aromatic heterocycles. The molecule has 0 spiro atoms. The first-order valence-electron chi connectivity index (χ1n) is 6.79. The van der Waals surface area contributed by atoms with Crippen LogP contribution in [-0.4, -0.2) is 41.2 Å². The van der Waals surface area contributed by atoms with Crippen LogP contribution >= 0.6 is 0 Å². The average molecular weight is 263 g/mol. The Balaban J connectivity index is 2.03. The number of anilines is 1. The van der Waals surface area contributed by atoms with Crippen LogP contribution in [0.3, 0.4) is 0 Å². The van der Waals surface area contributed by atoms with E-state index >= 15 is 0 Å². The van der Waals surface area contributed by atoms with E-state index in [9.17, 15) is 9.90 Å². The number of hydrogen-bond acceptors (Lipinski definition) is 4. The predicted molar refractivity (Wildman–Crippen MR) is 74.3 cm³/mol. The number of β-amino-alcohol motifs (C(OH)–C–C–N with tert-alkyl or cyclic N) is 1. The summed E-state index contributed by atoms with van der Waals surface area (Å²) in [5.41, 5.74) is 0.798. The van der Waals surface area contributed by atoms with Crippen molar-refractivity contribution in [2.45, 2.75) is 32.3 Å². The van der Waals surface area contributed by atoms with Crippen molar-refractivity contribution in [3.63, 3.8) is 0 Å². The Bertz CT molecular complexity index is 456. The fourth-order valence-corrected chi connectivity index (χ4v) is 2.46. The number of aliphatic hydroxyl groups is 1. The Hall–Kier alpha value is -1.62. The highest BCUT2D eigenvalue weighted by Crippen LogP contribution is 2.30. The van der Waals surface area contributed by atoms with Gasteiger partial charge < -0.3 is 15.3 Å². The predicted octanol–water partition coefficient (Wildman–Crippen LogP) is 1.18. The average Bonchev–Trinajstić information content (AvgIpc) is 2.36. The van der Waals surface area contributed by atoms with Crippen LogP contribution in [0.2, 0.25) is 0 Å². The summed E-state index contributed by atoms with van der Waals surface area (Å²) in [6.07, 6.45) is 3.43. The summed E-state index contributed by atoms with van der Waals surface area (Å²) < 4.78 is 0. The van der Waals surface area contributed by atoms with Crippen LogP contribution in [0.4, 0.5) is 5.69 Å². The van der Waals surface area contributed by atoms with Gasteiger partial charge in [-0.15, -0.1) is 0 Å². The van der Waals surface area contributed by atoms with Crippen LogP contribution in [0.15, 0.2) is 18.3 Å². The summed E-state index contributed by atoms with van der Waals surface area (Å²) in [6, 6.07) is 3.64. The minimum atomic E-state index is -0.566. The van der Waals surface area contributed by atoms with Gasteiger partial charge >= 0.3 is 0 Å². The van der Waals surface area contributed by atoms with E-state index in [1.54, 1.807) is 12.3 Å². The molecular weight excluding hydrogens is 242 g/mol. The highest BCUT2D eigenvalue weighted by atomic mass is 16.3. The summed E-state index contributed by atoms with van der Waals surface area (Å²) in [5, 5.41) is 12.9. The summed E-state index contributed by atoms with van der Waals surface area (Å²) in [4.78, 5) is 17.9. The van der Waals surface area contributed by atoms with Gasteiger partial charge in [0.2, 0.25) is 0 Å². The van der Waals surface area contributed by atoms with Gasteiger partial charge in [-0.3, -0.25) is 9.78 Å². The van der Waals surface area contributed by atoms with Gasteiger partial charge in [0, 0.05) is 31.5 Å². The van der Waals surface area contributed by atoms with Crippen molar-refractivity contribution in [1.29, 1.82) is 0 Å². The standard InChI is InChI=1S/C14H21N3O2/c1-3-6-14(19)9-17(10-14)11-5-7-16-12(8-11)13(18)15-4-2/h5,7-8,19H,3-4,6,9-10H2,1-2H3,(H,15,18). The maximum Gasteiger partial charge on any atom is 0.269 e. The summed E-state index contributed by atoms with van der Waals surface area (Å²) in [5.74, 6) is -0.159. The number of nitrogens with zero attached hydrogens (tertiary/aromatic N) is 2. The third kappa shape index (κ3) is 3.04. The summed E-state index contributed by atoms with van der Waals surface area (Å²) in [7, 11) is 0. The van der Waals surface area contributed by atoms with Crippen molar-refractivity contribution in [3.05, 3.63) is 24.0 Å². The van der Waals surface area contributed by atoms with Crippen molar-refractivity contribution in [2.24, 2.45) is 0 Å². The lowest BCUT2D eigenvalue weighted by atomic mass is 9.89. The van der Waals surface area contributed by atoms with Crippen LogP contribution in [0.25, 0.3) is 0 Å². The minimum Gasteiger partial charge on any atom is -0.386 e. The Morgan fingerprint density at radius 3 is 2.89 bits per heavy atom. The van der Waals surface area contributed by atoms with E-state index in [4.69, 9.17) is 0 Å². The van der Waals surface area contributed by atoms with E-state index in [2.05, 4.69) is 22.1 Å². The molecule has 1 fully saturated rings. The molecule has 1 aromatic rings. The Labute approximate surface area is 113 Å². The molecule has 2 rings (SSSR count). The van der Waals surface area contributed by atoms with Gasteiger partial charge in [0.05, 0.1) is 5.60 Å². The maximum absolute atomic E-state index is 11.7. The zero-order valence-electron chi connectivity index (χ0n) is 11.5. The first-order valence-corrected chi connectivity index (χ1v) is 6.79. The number of hydrogen-bond donors (Lipinski definition) is 2. The lowest BCUT2D eigenvalue weighted by molar-refractivity contribution is 0.00339. The van der Waals surface area contributed by atoms with Gasteiger partial charge in [-0.05, 0) is 25.5 Å². The molecule has 0 aliphatic carbocycles. The molecule has 1 aliphatic heterocycles. The van der Waals surface area contributed by atoms with Crippen LogP contribution in [-0.2, 0) is 0 Å². The molecule has 1 saturated heterocycles. The molecular formula is C14H21N3O2. The molecule has 2 N–H and O–H groups in total. The molecule has 5 heteroatoms. The highest BCUT2D eigenvalue weighted by molar-refractivity contribution is 5.93. The highest BCUT2D eigenvalue weighted by Gasteiger charge is 2.40. The molecule has 2 heterocycles. The van der Waals surface area contributed by atoms with E-state index < -0.39 is 5.60 Å². The van der Waals surface area contributed by atoms with Gasteiger partial charge in [-0.1, -0.05) is 13.3 Å². The summed E-state index contributed by atoms with van der Waals surface area (Å²) in [6.45, 7) is 5.78. The van der Waals surface area contributed by atoms with Gasteiger partial charge in [0.15, 0.2) is 0 Å². The number of carbonyl (C=O) groups excluding carboxylic acids is 1. The van der Waals surface area contributed by atoms with E-state index in [0.717, 1.165) is 18.5 Å². The van der Waals surface area contributed by atoms with Gasteiger partial charge in [0.1, 0.15) is 5.69 Å². The molecule has 0 radical (unpaired) electrons. The third-order valence-corrected chi connectivity index (χ3v) is 3.36. The van der Waals surface area contributed by atoms with Gasteiger partial charge in [0.25, 0.3) is 5.91 Å². The molecule has 0 saturated carbocycles. The molecule has 19 heavy (non-hydrogen) atoms. The molecule has 104 valence electrons. The fourth-order valence-electron chi connectivity index (χ4n) is 2.46. The molecule has 5 nitrogen and oxygen atoms in total. The zero-order valence-corrected chi connectivity index (χ0v) is 11.5. The normalized spacial score (nSPS) is 16.9. The van der Waals surface area contributed by atoms with Crippen molar-refractivity contribution in [1.82, 2.24) is 10.3 Å². The van der Waals surface area contributed by atoms with Crippen LogP contribution in [0.1, 0.15) is 37.2 Å². The maximum atomic E-state index is 11.7. The lowest BCUT2D eigenvalue weighted by Crippen LogP contribution is -2.62. The number of nitrogens with one attached hydrogen (secondary N) is 1. The minimum absolute atomic E-state index is 0.159. The molecule has 0 unspecified atom stereocenters. The lowest BCUT2D eigenvalue weighted by Gasteiger charge is -2.48. The molecule has 0 bridgehead atoms. The van der Waals surface area contributed by atoms with Crippen LogP contribution < -0.4 is 10.2 Å². The van der Waals surface area contributed by atoms with E-state index in [0.29, 0.717) is 25.3 Å². The van der Waals surface area contributed by atoms with Crippen molar-refractivity contribution in [3.8, 4) is 0 Å². The van der Waals surface area contributed by atoms with Crippen LogP contribution in [0, 0.1) is 0 Å². The third-order valence-electron chi connectivity index (χ3n) is 3.36. The second kappa shape index (κ2) is 5.57. The SMILES string of the molecule is CCCC1(O)CN(c2ccnc(C(=O)NCC)c2)C1. The Morgan fingerprint density at radius 2 is 2.26 bits per heavy atom. The van der Waals surface area contributed by atoms with E-state index in [-0.39, 0.29) is 5.91 Å². The molecule has 0 aromatic carbocycles. The van der Waals surface area contributed by atoms with Crippen LogP contribution in [0.5, 0.6) is 0 Å². The number of rotatable bonds is 5. The Morgan fingerprint density at radius 1 is 1.53 bits per heavy atom. The Kier molecular flexibility index (Phi) is 4.04.